The maximum Gasteiger partial charge on any atom is 0.0925 e. The third-order valence-corrected chi connectivity index (χ3v) is 4.25. The van der Waals surface area contributed by atoms with Crippen LogP contribution in [0.1, 0.15) is 11.1 Å². The van der Waals surface area contributed by atoms with Crippen molar-refractivity contribution in [3.05, 3.63) is 71.8 Å². The molecule has 1 fully saturated rings. The smallest absolute Gasteiger partial charge is 0.0925 e. The highest BCUT2D eigenvalue weighted by Crippen LogP contribution is 2.13. The molecular weight excluding hydrogens is 277 g/mol. The van der Waals surface area contributed by atoms with Crippen molar-refractivity contribution in [3.8, 4) is 0 Å². The topological polar surface area (TPSA) is 6.48 Å². The van der Waals surface area contributed by atoms with Gasteiger partial charge in [-0.3, -0.25) is 4.90 Å². The number of rotatable bonds is 4. The van der Waals surface area contributed by atoms with Crippen molar-refractivity contribution >= 4 is 17.2 Å². The van der Waals surface area contributed by atoms with Crippen molar-refractivity contribution in [2.24, 2.45) is 0 Å². The minimum atomic E-state index is 0.886. The molecule has 3 heteroatoms. The van der Waals surface area contributed by atoms with Gasteiger partial charge in [0.25, 0.3) is 0 Å². The fourth-order valence-electron chi connectivity index (χ4n) is 2.70. The normalized spacial score (nSPS) is 16.2. The Morgan fingerprint density at radius 3 is 1.90 bits per heavy atom. The van der Waals surface area contributed by atoms with E-state index in [1.165, 1.54) is 11.1 Å². The van der Waals surface area contributed by atoms with Crippen LogP contribution in [0.5, 0.6) is 0 Å². The predicted octanol–water partition coefficient (Wildman–Crippen LogP) is 3.33. The summed E-state index contributed by atoms with van der Waals surface area (Å²) >= 11 is 5.60. The van der Waals surface area contributed by atoms with E-state index in [0.717, 1.165) is 37.7 Å². The predicted molar refractivity (Wildman–Crippen MR) is 91.2 cm³/mol. The minimum Gasteiger partial charge on any atom is -0.359 e. The summed E-state index contributed by atoms with van der Waals surface area (Å²) in [5.41, 5.74) is 2.69. The van der Waals surface area contributed by atoms with E-state index < -0.39 is 0 Å². The summed E-state index contributed by atoms with van der Waals surface area (Å²) in [7, 11) is 0. The van der Waals surface area contributed by atoms with Crippen molar-refractivity contribution in [1.29, 1.82) is 0 Å². The molecule has 0 spiro atoms. The van der Waals surface area contributed by atoms with Crippen LogP contribution < -0.4 is 0 Å². The Morgan fingerprint density at radius 2 is 1.33 bits per heavy atom. The molecule has 3 rings (SSSR count). The van der Waals surface area contributed by atoms with Gasteiger partial charge in [0.05, 0.1) is 4.99 Å². The summed E-state index contributed by atoms with van der Waals surface area (Å²) in [5, 5.41) is 0. The van der Waals surface area contributed by atoms with Gasteiger partial charge in [0, 0.05) is 32.7 Å². The van der Waals surface area contributed by atoms with Crippen molar-refractivity contribution < 1.29 is 0 Å². The Balaban J connectivity index is 1.56. The standard InChI is InChI=1S/C18H20N2S/c21-18-15-19(13-16-7-3-1-4-8-16)11-12-20(18)14-17-9-5-2-6-10-17/h1-10H,11-15H2/i15+1. The molecule has 0 radical (unpaired) electrons. The fourth-order valence-corrected chi connectivity index (χ4v) is 3.04. The lowest BCUT2D eigenvalue weighted by Crippen LogP contribution is -2.48. The molecule has 0 aromatic heterocycles. The quantitative estimate of drug-likeness (QED) is 0.631. The highest BCUT2D eigenvalue weighted by molar-refractivity contribution is 7.80. The van der Waals surface area contributed by atoms with E-state index in [1.54, 1.807) is 0 Å². The van der Waals surface area contributed by atoms with Crippen LogP contribution in [-0.2, 0) is 13.1 Å². The fraction of sp³-hybridized carbons (Fsp3) is 0.278. The lowest BCUT2D eigenvalue weighted by molar-refractivity contribution is 0.223. The lowest BCUT2D eigenvalue weighted by atomic mass is 10.2. The molecule has 108 valence electrons. The molecule has 0 unspecified atom stereocenters. The second-order valence-corrected chi connectivity index (χ2v) is 5.97. The number of benzene rings is 2. The average molecular weight is 297 g/mol. The van der Waals surface area contributed by atoms with Gasteiger partial charge in [-0.25, -0.2) is 0 Å². The van der Waals surface area contributed by atoms with Gasteiger partial charge in [0.2, 0.25) is 0 Å². The third kappa shape index (κ3) is 3.90. The summed E-state index contributed by atoms with van der Waals surface area (Å²) in [6.07, 6.45) is 0. The number of nitrogens with zero attached hydrogens (tertiary/aromatic N) is 2. The molecule has 1 aliphatic heterocycles. The van der Waals surface area contributed by atoms with E-state index in [9.17, 15) is 0 Å². The van der Waals surface area contributed by atoms with E-state index in [4.69, 9.17) is 12.2 Å². The first-order chi connectivity index (χ1) is 10.3. The zero-order valence-corrected chi connectivity index (χ0v) is 12.9. The van der Waals surface area contributed by atoms with Crippen LogP contribution in [0.3, 0.4) is 0 Å². The Hall–Kier alpha value is -1.71. The first-order valence-corrected chi connectivity index (χ1v) is 7.80. The van der Waals surface area contributed by atoms with Crippen LogP contribution in [0, 0.1) is 0 Å². The first-order valence-electron chi connectivity index (χ1n) is 7.39. The van der Waals surface area contributed by atoms with Gasteiger partial charge in [-0.2, -0.15) is 0 Å². The van der Waals surface area contributed by atoms with Crippen LogP contribution in [0.2, 0.25) is 0 Å². The molecule has 0 bridgehead atoms. The van der Waals surface area contributed by atoms with Gasteiger partial charge >= 0.3 is 0 Å². The second-order valence-electron chi connectivity index (χ2n) is 5.50. The Labute approximate surface area is 132 Å². The van der Waals surface area contributed by atoms with Crippen molar-refractivity contribution in [2.75, 3.05) is 19.6 Å². The largest absolute Gasteiger partial charge is 0.359 e. The average Bonchev–Trinajstić information content (AvgIpc) is 2.52. The Bertz CT molecular complexity index is 583. The monoisotopic (exact) mass is 297 g/mol. The van der Waals surface area contributed by atoms with Crippen molar-refractivity contribution in [2.45, 2.75) is 13.1 Å². The lowest BCUT2D eigenvalue weighted by Gasteiger charge is -2.36. The summed E-state index contributed by atoms with van der Waals surface area (Å²) < 4.78 is 0. The van der Waals surface area contributed by atoms with E-state index in [-0.39, 0.29) is 0 Å². The second kappa shape index (κ2) is 6.83. The van der Waals surface area contributed by atoms with Gasteiger partial charge in [0.1, 0.15) is 0 Å². The molecule has 0 saturated carbocycles. The molecule has 2 nitrogen and oxygen atoms in total. The van der Waals surface area contributed by atoms with Gasteiger partial charge in [-0.15, -0.1) is 0 Å². The highest BCUT2D eigenvalue weighted by Gasteiger charge is 2.20. The molecule has 1 heterocycles. The Morgan fingerprint density at radius 1 is 0.762 bits per heavy atom. The summed E-state index contributed by atoms with van der Waals surface area (Å²) in [6.45, 7) is 4.89. The number of thiocarbonyl (C=S) groups is 1. The van der Waals surface area contributed by atoms with Crippen LogP contribution in [-0.4, -0.2) is 34.4 Å². The SMILES string of the molecule is S=C1[13CH2]N(Cc2ccccc2)CCN1Cc1ccccc1. The molecule has 0 atom stereocenters. The Kier molecular flexibility index (Phi) is 4.63. The highest BCUT2D eigenvalue weighted by atomic mass is 32.1. The maximum atomic E-state index is 5.60. The molecule has 2 aromatic rings. The summed E-state index contributed by atoms with van der Waals surface area (Å²) in [6, 6.07) is 21.2. The zero-order chi connectivity index (χ0) is 14.5. The molecule has 21 heavy (non-hydrogen) atoms. The van der Waals surface area contributed by atoms with Crippen LogP contribution >= 0.6 is 12.2 Å². The summed E-state index contributed by atoms with van der Waals surface area (Å²) in [4.78, 5) is 5.81. The van der Waals surface area contributed by atoms with Gasteiger partial charge in [-0.1, -0.05) is 72.9 Å². The number of piperazine rings is 1. The number of hydrogen-bond donors (Lipinski definition) is 0. The van der Waals surface area contributed by atoms with E-state index in [1.807, 2.05) is 0 Å². The molecule has 0 N–H and O–H groups in total. The number of hydrogen-bond acceptors (Lipinski definition) is 2. The van der Waals surface area contributed by atoms with Crippen LogP contribution in [0.15, 0.2) is 60.7 Å². The third-order valence-electron chi connectivity index (χ3n) is 3.86. The van der Waals surface area contributed by atoms with Gasteiger partial charge in [0.15, 0.2) is 0 Å². The summed E-state index contributed by atoms with van der Waals surface area (Å²) in [5.74, 6) is 0. The van der Waals surface area contributed by atoms with E-state index in [0.29, 0.717) is 0 Å². The molecule has 0 aliphatic carbocycles. The van der Waals surface area contributed by atoms with E-state index >= 15 is 0 Å². The molecule has 0 amide bonds. The molecule has 2 aromatic carbocycles. The van der Waals surface area contributed by atoms with E-state index in [2.05, 4.69) is 70.5 Å². The van der Waals surface area contributed by atoms with Gasteiger partial charge < -0.3 is 4.90 Å². The minimum absolute atomic E-state index is 0.886. The van der Waals surface area contributed by atoms with Gasteiger partial charge in [-0.05, 0) is 11.1 Å². The van der Waals surface area contributed by atoms with Crippen LogP contribution in [0.25, 0.3) is 0 Å². The van der Waals surface area contributed by atoms with Crippen molar-refractivity contribution in [3.63, 3.8) is 0 Å². The molecule has 1 aliphatic rings. The molecular formula is C18H20N2S. The first kappa shape index (κ1) is 14.2. The molecule has 1 saturated heterocycles. The zero-order valence-electron chi connectivity index (χ0n) is 12.1. The maximum absolute atomic E-state index is 5.60. The van der Waals surface area contributed by atoms with Crippen LogP contribution in [0.4, 0.5) is 0 Å². The van der Waals surface area contributed by atoms with Crippen molar-refractivity contribution in [1.82, 2.24) is 9.80 Å².